The predicted molar refractivity (Wildman–Crippen MR) is 61.2 cm³/mol. The summed E-state index contributed by atoms with van der Waals surface area (Å²) in [4.78, 5) is 0. The Labute approximate surface area is 92.0 Å². The van der Waals surface area contributed by atoms with Gasteiger partial charge in [0.2, 0.25) is 0 Å². The van der Waals surface area contributed by atoms with Crippen molar-refractivity contribution in [1.29, 1.82) is 0 Å². The third-order valence-corrected chi connectivity index (χ3v) is 2.80. The molecular formula is C13H20O2. The lowest BCUT2D eigenvalue weighted by atomic mass is 9.72. The van der Waals surface area contributed by atoms with Crippen LogP contribution in [-0.4, -0.2) is 22.4 Å². The molecule has 0 unspecified atom stereocenters. The Morgan fingerprint density at radius 3 is 2.53 bits per heavy atom. The van der Waals surface area contributed by atoms with Crippen LogP contribution in [0.4, 0.5) is 0 Å². The minimum atomic E-state index is -0.590. The quantitative estimate of drug-likeness (QED) is 0.597. The first-order valence-corrected chi connectivity index (χ1v) is 5.41. The maximum absolute atomic E-state index is 9.68. The van der Waals surface area contributed by atoms with E-state index in [-0.39, 0.29) is 11.5 Å². The molecule has 0 radical (unpaired) electrons. The maximum Gasteiger partial charge on any atom is 0.112 e. The zero-order chi connectivity index (χ0) is 11.6. The van der Waals surface area contributed by atoms with Crippen molar-refractivity contribution in [3.05, 3.63) is 11.1 Å². The molecule has 1 aliphatic carbocycles. The van der Waals surface area contributed by atoms with E-state index in [4.69, 9.17) is 5.11 Å². The predicted octanol–water partition coefficient (Wildman–Crippen LogP) is 1.87. The second-order valence-corrected chi connectivity index (χ2v) is 5.05. The van der Waals surface area contributed by atoms with Crippen molar-refractivity contribution in [3.8, 4) is 11.8 Å². The molecule has 2 nitrogen and oxygen atoms in total. The average molecular weight is 208 g/mol. The van der Waals surface area contributed by atoms with Crippen molar-refractivity contribution in [3.63, 3.8) is 0 Å². The summed E-state index contributed by atoms with van der Waals surface area (Å²) in [6, 6.07) is 0. The molecule has 2 atom stereocenters. The van der Waals surface area contributed by atoms with Crippen LogP contribution >= 0.6 is 0 Å². The van der Waals surface area contributed by atoms with Gasteiger partial charge in [0.1, 0.15) is 6.10 Å². The third kappa shape index (κ3) is 3.09. The lowest BCUT2D eigenvalue weighted by Crippen LogP contribution is -2.28. The first kappa shape index (κ1) is 12.3. The van der Waals surface area contributed by atoms with Crippen LogP contribution < -0.4 is 0 Å². The van der Waals surface area contributed by atoms with E-state index in [0.717, 1.165) is 17.6 Å². The highest BCUT2D eigenvalue weighted by molar-refractivity contribution is 5.40. The van der Waals surface area contributed by atoms with Crippen LogP contribution in [0.25, 0.3) is 0 Å². The molecule has 84 valence electrons. The number of hydrogen-bond donors (Lipinski definition) is 2. The molecule has 0 fully saturated rings. The van der Waals surface area contributed by atoms with Gasteiger partial charge in [0.25, 0.3) is 0 Å². The topological polar surface area (TPSA) is 40.5 Å². The van der Waals surface area contributed by atoms with E-state index in [1.807, 2.05) is 6.92 Å². The van der Waals surface area contributed by atoms with E-state index in [9.17, 15) is 5.11 Å². The smallest absolute Gasteiger partial charge is 0.112 e. The summed E-state index contributed by atoms with van der Waals surface area (Å²) in [5, 5.41) is 18.8. The highest BCUT2D eigenvalue weighted by atomic mass is 16.3. The van der Waals surface area contributed by atoms with Crippen molar-refractivity contribution < 1.29 is 10.2 Å². The van der Waals surface area contributed by atoms with E-state index in [1.54, 1.807) is 6.92 Å². The third-order valence-electron chi connectivity index (χ3n) is 2.80. The first-order valence-electron chi connectivity index (χ1n) is 5.41. The largest absolute Gasteiger partial charge is 0.393 e. The van der Waals surface area contributed by atoms with Crippen LogP contribution in [0.15, 0.2) is 11.1 Å². The van der Waals surface area contributed by atoms with Crippen LogP contribution in [-0.2, 0) is 0 Å². The fourth-order valence-corrected chi connectivity index (χ4v) is 2.25. The monoisotopic (exact) mass is 208 g/mol. The summed E-state index contributed by atoms with van der Waals surface area (Å²) in [6.07, 6.45) is 0.603. The standard InChI is InChI=1S/C13H20O2/c1-9-7-11(15)8-13(3,4)12(9)6-5-10(2)14/h10-11,14-15H,7-8H2,1-4H3/t10-,11+/m1/s1. The molecule has 0 aromatic rings. The first-order chi connectivity index (χ1) is 6.83. The molecular weight excluding hydrogens is 188 g/mol. The SMILES string of the molecule is CC1=C(C#C[C@@H](C)O)C(C)(C)C[C@@H](O)C1. The van der Waals surface area contributed by atoms with E-state index >= 15 is 0 Å². The molecule has 15 heavy (non-hydrogen) atoms. The van der Waals surface area contributed by atoms with Gasteiger partial charge < -0.3 is 10.2 Å². The zero-order valence-corrected chi connectivity index (χ0v) is 9.96. The van der Waals surface area contributed by atoms with Crippen molar-refractivity contribution in [1.82, 2.24) is 0 Å². The van der Waals surface area contributed by atoms with Crippen LogP contribution in [0.1, 0.15) is 40.5 Å². The Bertz CT molecular complexity index is 326. The van der Waals surface area contributed by atoms with Gasteiger partial charge in [-0.2, -0.15) is 0 Å². The molecule has 1 aliphatic rings. The zero-order valence-electron chi connectivity index (χ0n) is 9.96. The summed E-state index contributed by atoms with van der Waals surface area (Å²) in [5.74, 6) is 5.83. The van der Waals surface area contributed by atoms with Crippen LogP contribution in [0.5, 0.6) is 0 Å². The molecule has 0 bridgehead atoms. The molecule has 0 aromatic heterocycles. The minimum absolute atomic E-state index is 0.0797. The van der Waals surface area contributed by atoms with Gasteiger partial charge in [0, 0.05) is 11.0 Å². The van der Waals surface area contributed by atoms with Gasteiger partial charge >= 0.3 is 0 Å². The molecule has 0 amide bonds. The molecule has 0 spiro atoms. The van der Waals surface area contributed by atoms with Crippen molar-refractivity contribution in [2.75, 3.05) is 0 Å². The van der Waals surface area contributed by atoms with Gasteiger partial charge in [-0.1, -0.05) is 31.3 Å². The van der Waals surface area contributed by atoms with E-state index < -0.39 is 6.10 Å². The fraction of sp³-hybridized carbons (Fsp3) is 0.692. The van der Waals surface area contributed by atoms with E-state index in [2.05, 4.69) is 25.7 Å². The Hall–Kier alpha value is -0.780. The van der Waals surface area contributed by atoms with Crippen LogP contribution in [0.2, 0.25) is 0 Å². The Kier molecular flexibility index (Phi) is 3.59. The number of allylic oxidation sites excluding steroid dienone is 1. The Morgan fingerprint density at radius 1 is 1.47 bits per heavy atom. The summed E-state index contributed by atoms with van der Waals surface area (Å²) in [6.45, 7) is 7.85. The fourth-order valence-electron chi connectivity index (χ4n) is 2.25. The Balaban J connectivity index is 3.03. The Morgan fingerprint density at radius 2 is 2.07 bits per heavy atom. The van der Waals surface area contributed by atoms with E-state index in [1.165, 1.54) is 0 Å². The van der Waals surface area contributed by atoms with Gasteiger partial charge in [-0.3, -0.25) is 0 Å². The lowest BCUT2D eigenvalue weighted by molar-refractivity contribution is 0.117. The van der Waals surface area contributed by atoms with Gasteiger partial charge in [0.15, 0.2) is 0 Å². The molecule has 2 N–H and O–H groups in total. The van der Waals surface area contributed by atoms with Gasteiger partial charge in [-0.15, -0.1) is 0 Å². The molecule has 0 aliphatic heterocycles. The molecule has 2 heteroatoms. The molecule has 1 rings (SSSR count). The summed E-state index contributed by atoms with van der Waals surface area (Å²) < 4.78 is 0. The van der Waals surface area contributed by atoms with Gasteiger partial charge in [-0.25, -0.2) is 0 Å². The summed E-state index contributed by atoms with van der Waals surface area (Å²) in [5.41, 5.74) is 2.14. The lowest BCUT2D eigenvalue weighted by Gasteiger charge is -2.34. The molecule has 0 saturated heterocycles. The summed E-state index contributed by atoms with van der Waals surface area (Å²) in [7, 11) is 0. The normalized spacial score (nSPS) is 26.9. The van der Waals surface area contributed by atoms with Crippen LogP contribution in [0, 0.1) is 17.3 Å². The highest BCUT2D eigenvalue weighted by Crippen LogP contribution is 2.39. The van der Waals surface area contributed by atoms with Gasteiger partial charge in [-0.05, 0) is 26.7 Å². The van der Waals surface area contributed by atoms with Crippen molar-refractivity contribution in [2.24, 2.45) is 5.41 Å². The second-order valence-electron chi connectivity index (χ2n) is 5.05. The van der Waals surface area contributed by atoms with Crippen molar-refractivity contribution >= 4 is 0 Å². The molecule has 0 aromatic carbocycles. The average Bonchev–Trinajstić information content (AvgIpc) is 1.98. The maximum atomic E-state index is 9.68. The highest BCUT2D eigenvalue weighted by Gasteiger charge is 2.31. The van der Waals surface area contributed by atoms with Crippen LogP contribution in [0.3, 0.4) is 0 Å². The van der Waals surface area contributed by atoms with Crippen molar-refractivity contribution in [2.45, 2.75) is 52.7 Å². The van der Waals surface area contributed by atoms with E-state index in [0.29, 0.717) is 6.42 Å². The second kappa shape index (κ2) is 4.38. The summed E-state index contributed by atoms with van der Waals surface area (Å²) >= 11 is 0. The number of aliphatic hydroxyl groups is 2. The number of hydrogen-bond acceptors (Lipinski definition) is 2. The minimum Gasteiger partial charge on any atom is -0.393 e. The number of rotatable bonds is 0. The molecule has 0 heterocycles. The number of aliphatic hydroxyl groups excluding tert-OH is 2. The molecule has 0 saturated carbocycles. The van der Waals surface area contributed by atoms with Gasteiger partial charge in [0.05, 0.1) is 6.10 Å².